The molecule has 2 aromatic rings. The maximum absolute atomic E-state index is 11.4. The van der Waals surface area contributed by atoms with Gasteiger partial charge in [-0.2, -0.15) is 17.0 Å². The Kier molecular flexibility index (Phi) is 32.4. The first-order valence-electron chi connectivity index (χ1n) is 16.2. The van der Waals surface area contributed by atoms with Crippen molar-refractivity contribution in [2.24, 2.45) is 0 Å². The van der Waals surface area contributed by atoms with E-state index in [4.69, 9.17) is 24.6 Å². The maximum atomic E-state index is 11.4. The van der Waals surface area contributed by atoms with Gasteiger partial charge in [-0.3, -0.25) is 9.80 Å². The molecular formula is C34H52CsN5O8S2. The maximum Gasteiger partial charge on any atom is 1.00 e. The average molecular weight is 856 g/mol. The molecule has 0 aliphatic carbocycles. The van der Waals surface area contributed by atoms with E-state index in [0.29, 0.717) is 90.3 Å². The van der Waals surface area contributed by atoms with Crippen molar-refractivity contribution in [2.45, 2.75) is 38.8 Å². The summed E-state index contributed by atoms with van der Waals surface area (Å²) in [5, 5.41) is 38.6. The quantitative estimate of drug-likeness (QED) is 0.0580. The third-order valence-electron chi connectivity index (χ3n) is 6.94. The second-order valence-electron chi connectivity index (χ2n) is 10.7. The largest absolute Gasteiger partial charge is 1.00 e. The number of hydrogen-bond acceptors (Lipinski definition) is 13. The molecule has 2 rings (SSSR count). The molecule has 0 aliphatic heterocycles. The Morgan fingerprint density at radius 1 is 0.700 bits per heavy atom. The summed E-state index contributed by atoms with van der Waals surface area (Å²) < 4.78 is 17.4. The van der Waals surface area contributed by atoms with Crippen LogP contribution in [0.4, 0.5) is 0 Å². The monoisotopic (exact) mass is 855 g/mol. The second-order valence-corrected chi connectivity index (χ2v) is 12.8. The number of aliphatic hydroxyl groups is 1. The standard InChI is InChI=1S/C33H49N5O8S2.CH3.Cs/c34-27-48-23-3-1-2-22-47-24-6-16-44-17-13-38(26-29-8-5-10-31(36-29)33(42)43)14-19-46-21-20-45-18-12-37(11-15-39)25-28-7-4-9-30(35-28)32(40)41;;/h4-5,7-10,39H,1-3,6,11-26H2,(H,40,41)(H,42,43);1H3;/q;-1;+1. The topological polar surface area (TPSA) is 179 Å². The molecule has 0 aromatic carbocycles. The van der Waals surface area contributed by atoms with Crippen LogP contribution in [0.15, 0.2) is 36.4 Å². The van der Waals surface area contributed by atoms with E-state index in [9.17, 15) is 19.8 Å². The van der Waals surface area contributed by atoms with Gasteiger partial charge in [0.2, 0.25) is 0 Å². The Bertz CT molecular complexity index is 1230. The summed E-state index contributed by atoms with van der Waals surface area (Å²) in [7, 11) is 0. The third kappa shape index (κ3) is 24.5. The van der Waals surface area contributed by atoms with Crippen LogP contribution in [-0.2, 0) is 27.3 Å². The molecule has 13 nitrogen and oxygen atoms in total. The van der Waals surface area contributed by atoms with Crippen LogP contribution in [0.2, 0.25) is 0 Å². The van der Waals surface area contributed by atoms with Crippen LogP contribution in [0.1, 0.15) is 58.0 Å². The average Bonchev–Trinajstić information content (AvgIpc) is 3.08. The molecule has 0 bridgehead atoms. The molecule has 2 heterocycles. The van der Waals surface area contributed by atoms with Crippen LogP contribution in [0, 0.1) is 18.1 Å². The molecule has 274 valence electrons. The second kappa shape index (κ2) is 32.9. The minimum atomic E-state index is -1.08. The smallest absolute Gasteiger partial charge is 0.477 e. The van der Waals surface area contributed by atoms with Crippen molar-refractivity contribution in [2.75, 3.05) is 89.7 Å². The molecule has 2 aromatic heterocycles. The van der Waals surface area contributed by atoms with Crippen LogP contribution in [0.5, 0.6) is 0 Å². The Balaban J connectivity index is 0.0000120. The summed E-state index contributed by atoms with van der Waals surface area (Å²) in [6.45, 7) is 5.93. The van der Waals surface area contributed by atoms with Gasteiger partial charge in [0.1, 0.15) is 16.8 Å². The number of aromatic carboxylic acids is 2. The fraction of sp³-hybridized carbons (Fsp3) is 0.588. The molecule has 0 spiro atoms. The van der Waals surface area contributed by atoms with Crippen molar-refractivity contribution < 1.29 is 108 Å². The predicted molar refractivity (Wildman–Crippen MR) is 193 cm³/mol. The molecule has 0 amide bonds. The minimum Gasteiger partial charge on any atom is -0.477 e. The number of carbonyl (C=O) groups is 2. The van der Waals surface area contributed by atoms with E-state index in [1.165, 1.54) is 30.3 Å². The number of pyridine rings is 2. The zero-order chi connectivity index (χ0) is 34.7. The number of unbranched alkanes of at least 4 members (excludes halogenated alkanes) is 2. The van der Waals surface area contributed by atoms with Gasteiger partial charge in [0.05, 0.1) is 51.0 Å². The van der Waals surface area contributed by atoms with E-state index in [-0.39, 0.29) is 94.3 Å². The first kappa shape index (κ1) is 49.2. The Hall–Kier alpha value is -0.758. The van der Waals surface area contributed by atoms with Crippen molar-refractivity contribution in [1.29, 1.82) is 5.26 Å². The van der Waals surface area contributed by atoms with Crippen LogP contribution in [0.25, 0.3) is 0 Å². The molecule has 0 aliphatic rings. The summed E-state index contributed by atoms with van der Waals surface area (Å²) in [4.78, 5) is 35.1. The normalized spacial score (nSPS) is 10.8. The fourth-order valence-corrected chi connectivity index (χ4v) is 5.86. The number of thiocyanates is 1. The molecular weight excluding hydrogens is 803 g/mol. The molecule has 50 heavy (non-hydrogen) atoms. The number of hydrogen-bond donors (Lipinski definition) is 3. The van der Waals surface area contributed by atoms with Crippen molar-refractivity contribution in [3.8, 4) is 5.40 Å². The van der Waals surface area contributed by atoms with Gasteiger partial charge in [0.15, 0.2) is 0 Å². The van der Waals surface area contributed by atoms with Gasteiger partial charge in [-0.15, -0.1) is 0 Å². The number of nitriles is 1. The molecule has 3 N–H and O–H groups in total. The number of ether oxygens (including phenoxy) is 3. The van der Waals surface area contributed by atoms with E-state index in [1.807, 2.05) is 22.7 Å². The number of aliphatic hydroxyl groups excluding tert-OH is 1. The number of rotatable bonds is 30. The van der Waals surface area contributed by atoms with E-state index in [1.54, 1.807) is 18.2 Å². The van der Waals surface area contributed by atoms with Crippen LogP contribution in [-0.4, -0.2) is 137 Å². The molecule has 0 saturated carbocycles. The molecule has 0 saturated heterocycles. The molecule has 0 atom stereocenters. The van der Waals surface area contributed by atoms with E-state index < -0.39 is 11.9 Å². The van der Waals surface area contributed by atoms with Gasteiger partial charge < -0.3 is 37.0 Å². The van der Waals surface area contributed by atoms with Crippen LogP contribution >= 0.6 is 23.5 Å². The van der Waals surface area contributed by atoms with Crippen molar-refractivity contribution in [1.82, 2.24) is 19.8 Å². The van der Waals surface area contributed by atoms with Crippen LogP contribution < -0.4 is 68.9 Å². The van der Waals surface area contributed by atoms with Crippen LogP contribution in [0.3, 0.4) is 0 Å². The fourth-order valence-electron chi connectivity index (χ4n) is 4.48. The number of nitrogens with zero attached hydrogens (tertiary/aromatic N) is 5. The van der Waals surface area contributed by atoms with Gasteiger partial charge in [-0.1, -0.05) is 18.6 Å². The number of thioether (sulfide) groups is 2. The van der Waals surface area contributed by atoms with Gasteiger partial charge in [0, 0.05) is 51.6 Å². The Morgan fingerprint density at radius 3 is 1.68 bits per heavy atom. The summed E-state index contributed by atoms with van der Waals surface area (Å²) in [6.07, 6.45) is 4.40. The van der Waals surface area contributed by atoms with Gasteiger partial charge in [-0.05, 0) is 66.8 Å². The van der Waals surface area contributed by atoms with Gasteiger partial charge in [0.25, 0.3) is 0 Å². The van der Waals surface area contributed by atoms with Crippen molar-refractivity contribution >= 4 is 35.5 Å². The SMILES string of the molecule is N#CSCCCCCSCCCOCCN(CCOCCOCCN(CCO)Cc1cccc(C(=O)O)n1)Cc1cccc(C(=O)O)n1.[CH3-].[Cs+]. The van der Waals surface area contributed by atoms with Gasteiger partial charge in [-0.25, -0.2) is 19.6 Å². The zero-order valence-electron chi connectivity index (χ0n) is 29.5. The first-order valence-corrected chi connectivity index (χ1v) is 18.3. The molecule has 0 radical (unpaired) electrons. The first-order chi connectivity index (χ1) is 23.4. The molecule has 0 fully saturated rings. The van der Waals surface area contributed by atoms with Gasteiger partial charge >= 0.3 is 80.8 Å². The van der Waals surface area contributed by atoms with E-state index >= 15 is 0 Å². The number of carboxylic acid groups (broad SMARTS) is 2. The van der Waals surface area contributed by atoms with Crippen molar-refractivity contribution in [3.05, 3.63) is 66.6 Å². The Labute approximate surface area is 364 Å². The van der Waals surface area contributed by atoms with E-state index in [2.05, 4.69) is 20.3 Å². The summed E-state index contributed by atoms with van der Waals surface area (Å²) in [5.41, 5.74) is 1.27. The Morgan fingerprint density at radius 2 is 1.18 bits per heavy atom. The van der Waals surface area contributed by atoms with E-state index in [0.717, 1.165) is 36.5 Å². The van der Waals surface area contributed by atoms with Crippen molar-refractivity contribution in [3.63, 3.8) is 0 Å². The summed E-state index contributed by atoms with van der Waals surface area (Å²) >= 11 is 3.26. The molecule has 16 heteroatoms. The minimum absolute atomic E-state index is 0. The molecule has 0 unspecified atom stereocenters. The predicted octanol–water partition coefficient (Wildman–Crippen LogP) is 1.18. The number of aromatic nitrogens is 2. The summed E-state index contributed by atoms with van der Waals surface area (Å²) in [5.74, 6) is 0.949. The zero-order valence-corrected chi connectivity index (χ0v) is 37.5. The third-order valence-corrected chi connectivity index (χ3v) is 8.72. The summed E-state index contributed by atoms with van der Waals surface area (Å²) in [6, 6.07) is 9.84. The number of carboxylic acids is 2.